The van der Waals surface area contributed by atoms with Crippen LogP contribution in [0.4, 0.5) is 0 Å². The van der Waals surface area contributed by atoms with Crippen LogP contribution in [-0.4, -0.2) is 36.3 Å². The van der Waals surface area contributed by atoms with E-state index < -0.39 is 0 Å². The lowest BCUT2D eigenvalue weighted by Gasteiger charge is -2.16. The largest absolute Gasteiger partial charge is 0.497 e. The molecule has 6 heteroatoms. The second-order valence-electron chi connectivity index (χ2n) is 5.16. The van der Waals surface area contributed by atoms with Crippen LogP contribution in [0.15, 0.2) is 42.7 Å². The van der Waals surface area contributed by atoms with Crippen molar-refractivity contribution >= 4 is 17.5 Å². The highest BCUT2D eigenvalue weighted by molar-refractivity contribution is 6.31. The van der Waals surface area contributed by atoms with Gasteiger partial charge in [-0.15, -0.1) is 0 Å². The maximum Gasteiger partial charge on any atom is 0.251 e. The number of hydrogen-bond donors (Lipinski definition) is 2. The Balaban J connectivity index is 1.94. The van der Waals surface area contributed by atoms with E-state index in [1.807, 2.05) is 6.07 Å². The van der Waals surface area contributed by atoms with Crippen LogP contribution in [0.2, 0.25) is 5.02 Å². The van der Waals surface area contributed by atoms with Crippen LogP contribution in [0, 0.1) is 5.92 Å². The van der Waals surface area contributed by atoms with Crippen LogP contribution in [0.1, 0.15) is 15.9 Å². The number of halogens is 1. The Morgan fingerprint density at radius 1 is 1.43 bits per heavy atom. The van der Waals surface area contributed by atoms with Crippen molar-refractivity contribution in [2.75, 3.05) is 20.3 Å². The zero-order chi connectivity index (χ0) is 16.7. The third kappa shape index (κ3) is 4.94. The van der Waals surface area contributed by atoms with E-state index >= 15 is 0 Å². The van der Waals surface area contributed by atoms with Gasteiger partial charge in [0.05, 0.1) is 12.1 Å². The van der Waals surface area contributed by atoms with E-state index in [4.69, 9.17) is 16.3 Å². The van der Waals surface area contributed by atoms with Crippen molar-refractivity contribution in [3.05, 3.63) is 58.9 Å². The quantitative estimate of drug-likeness (QED) is 0.815. The molecule has 1 amide bonds. The topological polar surface area (TPSA) is 71.5 Å². The van der Waals surface area contributed by atoms with Crippen LogP contribution in [0.3, 0.4) is 0 Å². The summed E-state index contributed by atoms with van der Waals surface area (Å²) in [6, 6.07) is 8.73. The minimum absolute atomic E-state index is 0.0446. The zero-order valence-corrected chi connectivity index (χ0v) is 13.6. The van der Waals surface area contributed by atoms with E-state index in [1.54, 1.807) is 43.8 Å². The third-order valence-corrected chi connectivity index (χ3v) is 3.85. The van der Waals surface area contributed by atoms with Gasteiger partial charge >= 0.3 is 0 Å². The van der Waals surface area contributed by atoms with Crippen LogP contribution < -0.4 is 10.1 Å². The number of benzene rings is 1. The molecule has 0 aliphatic carbocycles. The Morgan fingerprint density at radius 3 is 2.96 bits per heavy atom. The molecule has 0 spiro atoms. The van der Waals surface area contributed by atoms with Crippen molar-refractivity contribution in [3.8, 4) is 5.75 Å². The number of nitrogens with zero attached hydrogens (tertiary/aromatic N) is 1. The van der Waals surface area contributed by atoms with E-state index in [9.17, 15) is 9.90 Å². The number of ether oxygens (including phenoxy) is 1. The number of pyridine rings is 1. The van der Waals surface area contributed by atoms with Crippen molar-refractivity contribution < 1.29 is 14.6 Å². The lowest BCUT2D eigenvalue weighted by atomic mass is 10.0. The summed E-state index contributed by atoms with van der Waals surface area (Å²) >= 11 is 6.07. The van der Waals surface area contributed by atoms with Crippen LogP contribution >= 0.6 is 11.6 Å². The summed E-state index contributed by atoms with van der Waals surface area (Å²) < 4.78 is 5.10. The van der Waals surface area contributed by atoms with E-state index in [2.05, 4.69) is 10.3 Å². The molecule has 0 bridgehead atoms. The van der Waals surface area contributed by atoms with Crippen molar-refractivity contribution in [2.45, 2.75) is 6.42 Å². The molecule has 122 valence electrons. The highest BCUT2D eigenvalue weighted by atomic mass is 35.5. The van der Waals surface area contributed by atoms with Gasteiger partial charge in [0.1, 0.15) is 5.75 Å². The maximum absolute atomic E-state index is 12.2. The fraction of sp³-hybridized carbons (Fsp3) is 0.294. The molecule has 2 rings (SSSR count). The summed E-state index contributed by atoms with van der Waals surface area (Å²) in [6.07, 6.45) is 3.79. The molecule has 2 N–H and O–H groups in total. The number of aliphatic hydroxyl groups excluding tert-OH is 1. The molecule has 2 aromatic rings. The number of carbonyl (C=O) groups is 1. The van der Waals surface area contributed by atoms with Crippen molar-refractivity contribution in [2.24, 2.45) is 5.92 Å². The molecule has 0 saturated heterocycles. The fourth-order valence-corrected chi connectivity index (χ4v) is 2.38. The van der Waals surface area contributed by atoms with Gasteiger partial charge in [0.25, 0.3) is 5.91 Å². The Hall–Kier alpha value is -2.11. The van der Waals surface area contributed by atoms with Gasteiger partial charge in [-0.25, -0.2) is 0 Å². The standard InChI is InChI=1S/C17H19ClN2O3/c1-23-15-4-2-3-14(8-15)17(22)20-9-12(11-21)7-13-5-6-19-10-16(13)18/h2-6,8,10,12,21H,7,9,11H2,1H3,(H,20,22)/t12-/m1/s1. The molecule has 1 atom stereocenters. The highest BCUT2D eigenvalue weighted by Gasteiger charge is 2.13. The average molecular weight is 335 g/mol. The van der Waals surface area contributed by atoms with Crippen molar-refractivity contribution in [3.63, 3.8) is 0 Å². The van der Waals surface area contributed by atoms with Gasteiger partial charge in [-0.1, -0.05) is 17.7 Å². The molecule has 0 unspecified atom stereocenters. The van der Waals surface area contributed by atoms with Crippen LogP contribution in [0.5, 0.6) is 5.75 Å². The monoisotopic (exact) mass is 334 g/mol. The van der Waals surface area contributed by atoms with Crippen molar-refractivity contribution in [1.82, 2.24) is 10.3 Å². The van der Waals surface area contributed by atoms with Gasteiger partial charge in [-0.2, -0.15) is 0 Å². The second kappa shape index (κ2) is 8.50. The minimum Gasteiger partial charge on any atom is -0.497 e. The van der Waals surface area contributed by atoms with Gasteiger partial charge in [-0.3, -0.25) is 9.78 Å². The number of carbonyl (C=O) groups excluding carboxylic acids is 1. The first-order chi connectivity index (χ1) is 11.1. The number of hydrogen-bond acceptors (Lipinski definition) is 4. The first-order valence-electron chi connectivity index (χ1n) is 7.25. The summed E-state index contributed by atoms with van der Waals surface area (Å²) in [7, 11) is 1.55. The summed E-state index contributed by atoms with van der Waals surface area (Å²) in [5, 5.41) is 12.9. The first kappa shape index (κ1) is 17.2. The Labute approximate surface area is 140 Å². The summed E-state index contributed by atoms with van der Waals surface area (Å²) in [5.74, 6) is 0.299. The maximum atomic E-state index is 12.2. The lowest BCUT2D eigenvalue weighted by Crippen LogP contribution is -2.31. The first-order valence-corrected chi connectivity index (χ1v) is 7.63. The number of rotatable bonds is 7. The van der Waals surface area contributed by atoms with Gasteiger partial charge in [0.15, 0.2) is 0 Å². The second-order valence-corrected chi connectivity index (χ2v) is 5.57. The lowest BCUT2D eigenvalue weighted by molar-refractivity contribution is 0.0939. The van der Waals surface area contributed by atoms with Crippen LogP contribution in [0.25, 0.3) is 0 Å². The molecule has 0 saturated carbocycles. The number of aliphatic hydroxyl groups is 1. The highest BCUT2D eigenvalue weighted by Crippen LogP contribution is 2.17. The van der Waals surface area contributed by atoms with Gasteiger partial charge in [0, 0.05) is 37.0 Å². The number of nitrogens with one attached hydrogen (secondary N) is 1. The van der Waals surface area contributed by atoms with E-state index in [-0.39, 0.29) is 18.4 Å². The molecule has 0 aliphatic rings. The molecule has 1 heterocycles. The smallest absolute Gasteiger partial charge is 0.251 e. The molecular weight excluding hydrogens is 316 g/mol. The third-order valence-electron chi connectivity index (χ3n) is 3.51. The summed E-state index contributed by atoms with van der Waals surface area (Å²) in [6.45, 7) is 0.308. The molecule has 23 heavy (non-hydrogen) atoms. The SMILES string of the molecule is COc1cccc(C(=O)NC[C@H](CO)Cc2ccncc2Cl)c1. The molecule has 0 fully saturated rings. The van der Waals surface area contributed by atoms with Crippen molar-refractivity contribution in [1.29, 1.82) is 0 Å². The zero-order valence-electron chi connectivity index (χ0n) is 12.8. The number of aromatic nitrogens is 1. The molecule has 0 radical (unpaired) electrons. The predicted molar refractivity (Wildman–Crippen MR) is 88.9 cm³/mol. The molecular formula is C17H19ClN2O3. The molecule has 1 aromatic heterocycles. The summed E-state index contributed by atoms with van der Waals surface area (Å²) in [4.78, 5) is 16.1. The molecule has 0 aliphatic heterocycles. The summed E-state index contributed by atoms with van der Waals surface area (Å²) in [5.41, 5.74) is 1.42. The van der Waals surface area contributed by atoms with Gasteiger partial charge < -0.3 is 15.2 Å². The Kier molecular flexibility index (Phi) is 6.38. The van der Waals surface area contributed by atoms with Gasteiger partial charge in [-0.05, 0) is 36.2 Å². The number of methoxy groups -OCH3 is 1. The average Bonchev–Trinajstić information content (AvgIpc) is 2.59. The van der Waals surface area contributed by atoms with E-state index in [1.165, 1.54) is 0 Å². The predicted octanol–water partition coefficient (Wildman–Crippen LogP) is 2.32. The fourth-order valence-electron chi connectivity index (χ4n) is 2.19. The minimum atomic E-state index is -0.205. The molecule has 1 aromatic carbocycles. The number of amides is 1. The normalized spacial score (nSPS) is 11.8. The molecule has 5 nitrogen and oxygen atoms in total. The van der Waals surface area contributed by atoms with Crippen LogP contribution in [-0.2, 0) is 6.42 Å². The van der Waals surface area contributed by atoms with E-state index in [0.717, 1.165) is 5.56 Å². The van der Waals surface area contributed by atoms with E-state index in [0.29, 0.717) is 29.3 Å². The Bertz CT molecular complexity index is 664. The Morgan fingerprint density at radius 2 is 2.26 bits per heavy atom. The van der Waals surface area contributed by atoms with Gasteiger partial charge in [0.2, 0.25) is 0 Å².